The van der Waals surface area contributed by atoms with Crippen LogP contribution in [-0.2, 0) is 21.5 Å². The second kappa shape index (κ2) is 9.06. The summed E-state index contributed by atoms with van der Waals surface area (Å²) in [7, 11) is 0. The van der Waals surface area contributed by atoms with Crippen molar-refractivity contribution >= 4 is 33.9 Å². The van der Waals surface area contributed by atoms with Crippen molar-refractivity contribution in [3.8, 4) is 5.75 Å². The van der Waals surface area contributed by atoms with E-state index in [-0.39, 0.29) is 17.9 Å². The summed E-state index contributed by atoms with van der Waals surface area (Å²) in [6.45, 7) is 9.42. The number of hydrogen-bond acceptors (Lipinski definition) is 8. The fraction of sp³-hybridized carbons (Fsp3) is 0.455. The molecule has 1 amide bonds. The molecule has 0 fully saturated rings. The lowest BCUT2D eigenvalue weighted by Gasteiger charge is -2.42. The molecule has 2 heterocycles. The van der Waals surface area contributed by atoms with Gasteiger partial charge in [0, 0.05) is 22.0 Å². The van der Waals surface area contributed by atoms with E-state index in [1.54, 1.807) is 6.92 Å². The molecule has 1 aromatic heterocycles. The molecule has 0 atom stereocenters. The first-order valence-electron chi connectivity index (χ1n) is 10.3. The van der Waals surface area contributed by atoms with Crippen LogP contribution in [0, 0.1) is 15.9 Å². The van der Waals surface area contributed by atoms with Crippen molar-refractivity contribution in [2.24, 2.45) is 0 Å². The lowest BCUT2D eigenvalue weighted by Crippen LogP contribution is -2.55. The molecule has 0 saturated heterocycles. The highest BCUT2D eigenvalue weighted by atomic mass is 32.1. The van der Waals surface area contributed by atoms with Gasteiger partial charge in [-0.1, -0.05) is 0 Å². The van der Waals surface area contributed by atoms with E-state index >= 15 is 0 Å². The largest absolute Gasteiger partial charge is 0.481 e. The highest BCUT2D eigenvalue weighted by Gasteiger charge is 2.42. The Bertz CT molecular complexity index is 1110. The first kappa shape index (κ1) is 24.6. The molecule has 0 spiro atoms. The van der Waals surface area contributed by atoms with Gasteiger partial charge in [-0.3, -0.25) is 14.9 Å². The van der Waals surface area contributed by atoms with E-state index in [4.69, 9.17) is 9.47 Å². The van der Waals surface area contributed by atoms with Crippen molar-refractivity contribution in [2.75, 3.05) is 18.5 Å². The summed E-state index contributed by atoms with van der Waals surface area (Å²) >= 11 is 1.28. The van der Waals surface area contributed by atoms with Crippen molar-refractivity contribution in [3.05, 3.63) is 50.1 Å². The molecule has 3 rings (SSSR count). The van der Waals surface area contributed by atoms with Crippen LogP contribution in [0.5, 0.6) is 5.75 Å². The Balaban J connectivity index is 1.84. The summed E-state index contributed by atoms with van der Waals surface area (Å²) in [6.07, 6.45) is 0.566. The number of thiophene rings is 1. The number of rotatable bonds is 7. The van der Waals surface area contributed by atoms with Gasteiger partial charge in [0.25, 0.3) is 11.6 Å². The number of halogens is 1. The Kier molecular flexibility index (Phi) is 6.75. The maximum absolute atomic E-state index is 14.0. The molecule has 33 heavy (non-hydrogen) atoms. The number of nitro benzene ring substituents is 1. The number of nitro groups is 1. The van der Waals surface area contributed by atoms with Crippen LogP contribution >= 0.6 is 11.3 Å². The number of nitrogens with zero attached hydrogens (tertiary/aromatic N) is 1. The number of esters is 1. The number of amides is 1. The molecule has 0 unspecified atom stereocenters. The number of non-ortho nitro benzene ring substituents is 1. The first-order valence-corrected chi connectivity index (χ1v) is 11.2. The van der Waals surface area contributed by atoms with E-state index in [0.29, 0.717) is 17.0 Å². The molecule has 0 aliphatic carbocycles. The lowest BCUT2D eigenvalue weighted by molar-refractivity contribution is -0.385. The number of anilines is 1. The molecule has 11 heteroatoms. The Morgan fingerprint density at radius 3 is 2.61 bits per heavy atom. The van der Waals surface area contributed by atoms with Crippen LogP contribution in [-0.4, -0.2) is 35.6 Å². The number of carbonyl (C=O) groups excluding carboxylic acids is 2. The maximum atomic E-state index is 14.0. The zero-order chi connectivity index (χ0) is 24.6. The molecule has 0 bridgehead atoms. The first-order chi connectivity index (χ1) is 15.3. The van der Waals surface area contributed by atoms with Gasteiger partial charge in [0.15, 0.2) is 18.2 Å². The summed E-state index contributed by atoms with van der Waals surface area (Å²) in [5.74, 6) is -2.38. The number of hydrogen-bond donors (Lipinski definition) is 2. The fourth-order valence-electron chi connectivity index (χ4n) is 4.06. The normalized spacial score (nSPS) is 15.9. The quantitative estimate of drug-likeness (QED) is 0.348. The molecule has 1 aliphatic heterocycles. The molecule has 1 aliphatic rings. The Morgan fingerprint density at radius 1 is 1.30 bits per heavy atom. The van der Waals surface area contributed by atoms with Crippen LogP contribution in [0.25, 0.3) is 0 Å². The Hall–Kier alpha value is -3.05. The van der Waals surface area contributed by atoms with E-state index in [1.807, 2.05) is 27.7 Å². The number of carbonyl (C=O) groups is 2. The van der Waals surface area contributed by atoms with Gasteiger partial charge in [-0.15, -0.1) is 11.3 Å². The molecule has 1 aromatic carbocycles. The van der Waals surface area contributed by atoms with Crippen LogP contribution in [0.3, 0.4) is 0 Å². The van der Waals surface area contributed by atoms with Gasteiger partial charge in [0.2, 0.25) is 0 Å². The minimum absolute atomic E-state index is 0.185. The van der Waals surface area contributed by atoms with Gasteiger partial charge in [0.05, 0.1) is 23.2 Å². The minimum atomic E-state index is -0.953. The molecule has 178 valence electrons. The smallest absolute Gasteiger partial charge is 0.341 e. The molecular formula is C22H26FN3O6S. The summed E-state index contributed by atoms with van der Waals surface area (Å²) in [4.78, 5) is 36.3. The number of nitrogens with one attached hydrogen (secondary N) is 2. The molecule has 0 saturated carbocycles. The third-order valence-electron chi connectivity index (χ3n) is 5.06. The van der Waals surface area contributed by atoms with E-state index in [0.717, 1.165) is 28.6 Å². The van der Waals surface area contributed by atoms with Crippen LogP contribution in [0.1, 0.15) is 55.4 Å². The highest BCUT2D eigenvalue weighted by Crippen LogP contribution is 2.45. The molecule has 2 aromatic rings. The summed E-state index contributed by atoms with van der Waals surface area (Å²) in [5.41, 5.74) is -0.00743. The van der Waals surface area contributed by atoms with Crippen molar-refractivity contribution in [1.29, 1.82) is 0 Å². The second-order valence-electron chi connectivity index (χ2n) is 8.85. The third-order valence-corrected chi connectivity index (χ3v) is 6.53. The summed E-state index contributed by atoms with van der Waals surface area (Å²) in [5, 5.41) is 17.3. The van der Waals surface area contributed by atoms with E-state index in [2.05, 4.69) is 10.6 Å². The molecule has 9 nitrogen and oxygen atoms in total. The summed E-state index contributed by atoms with van der Waals surface area (Å²) < 4.78 is 24.5. The average molecular weight is 480 g/mol. The van der Waals surface area contributed by atoms with Crippen LogP contribution in [0.2, 0.25) is 0 Å². The topological polar surface area (TPSA) is 120 Å². The SMILES string of the molecule is CCOC(=O)c1c(NC(=O)COc2ccc([N+](=O)[O-])cc2F)sc2c1CC(C)(C)NC2(C)C. The minimum Gasteiger partial charge on any atom is -0.481 e. The lowest BCUT2D eigenvalue weighted by atomic mass is 9.81. The van der Waals surface area contributed by atoms with Gasteiger partial charge in [0.1, 0.15) is 5.00 Å². The molecule has 0 radical (unpaired) electrons. The maximum Gasteiger partial charge on any atom is 0.341 e. The highest BCUT2D eigenvalue weighted by molar-refractivity contribution is 7.17. The number of fused-ring (bicyclic) bond motifs is 1. The van der Waals surface area contributed by atoms with Crippen molar-refractivity contribution < 1.29 is 28.4 Å². The zero-order valence-electron chi connectivity index (χ0n) is 19.0. The predicted octanol–water partition coefficient (Wildman–Crippen LogP) is 4.15. The van der Waals surface area contributed by atoms with Gasteiger partial charge < -0.3 is 20.1 Å². The van der Waals surface area contributed by atoms with E-state index in [9.17, 15) is 24.1 Å². The van der Waals surface area contributed by atoms with Crippen LogP contribution in [0.15, 0.2) is 18.2 Å². The van der Waals surface area contributed by atoms with Crippen molar-refractivity contribution in [2.45, 2.75) is 52.1 Å². The standard InChI is InChI=1S/C22H26FN3O6S/c1-6-31-20(28)17-13-10-21(2,3)25-22(4,5)18(13)33-19(17)24-16(27)11-32-15-8-7-12(26(29)30)9-14(15)23/h7-9,25H,6,10-11H2,1-5H3,(H,24,27). The van der Waals surface area contributed by atoms with Crippen LogP contribution < -0.4 is 15.4 Å². The number of benzene rings is 1. The monoisotopic (exact) mass is 479 g/mol. The van der Waals surface area contributed by atoms with Gasteiger partial charge >= 0.3 is 5.97 Å². The average Bonchev–Trinajstić information content (AvgIpc) is 3.04. The second-order valence-corrected chi connectivity index (χ2v) is 9.87. The van der Waals surface area contributed by atoms with Crippen molar-refractivity contribution in [3.63, 3.8) is 0 Å². The van der Waals surface area contributed by atoms with E-state index < -0.39 is 40.5 Å². The summed E-state index contributed by atoms with van der Waals surface area (Å²) in [6, 6.07) is 2.89. The van der Waals surface area contributed by atoms with Gasteiger partial charge in [-0.25, -0.2) is 9.18 Å². The Labute approximate surface area is 194 Å². The van der Waals surface area contributed by atoms with Gasteiger partial charge in [-0.2, -0.15) is 0 Å². The van der Waals surface area contributed by atoms with E-state index in [1.165, 1.54) is 11.3 Å². The predicted molar refractivity (Wildman–Crippen MR) is 121 cm³/mol. The fourth-order valence-corrected chi connectivity index (χ4v) is 5.34. The Morgan fingerprint density at radius 2 is 2.00 bits per heavy atom. The van der Waals surface area contributed by atoms with Crippen molar-refractivity contribution in [1.82, 2.24) is 5.32 Å². The molecular weight excluding hydrogens is 453 g/mol. The molecule has 2 N–H and O–H groups in total. The number of ether oxygens (including phenoxy) is 2. The third kappa shape index (κ3) is 5.31. The van der Waals surface area contributed by atoms with Crippen LogP contribution in [0.4, 0.5) is 15.1 Å². The zero-order valence-corrected chi connectivity index (χ0v) is 19.9. The van der Waals surface area contributed by atoms with Gasteiger partial charge in [-0.05, 0) is 52.7 Å².